The Morgan fingerprint density at radius 3 is 2.47 bits per heavy atom. The van der Waals surface area contributed by atoms with E-state index in [-0.39, 0.29) is 5.82 Å². The van der Waals surface area contributed by atoms with Gasteiger partial charge in [-0.25, -0.2) is 4.39 Å². The van der Waals surface area contributed by atoms with Crippen molar-refractivity contribution in [2.24, 2.45) is 0 Å². The normalized spacial score (nSPS) is 10.4. The summed E-state index contributed by atoms with van der Waals surface area (Å²) in [5, 5.41) is 0.462. The van der Waals surface area contributed by atoms with E-state index in [2.05, 4.69) is 15.9 Å². The lowest BCUT2D eigenvalue weighted by atomic mass is 10.0. The molecule has 88 valence electrons. The standard InChI is InChI=1S/C13H9BrClFO/c1-17-13-9(5-3-7-11(13)15)8-4-2-6-10(14)12(8)16/h2-7H,1H3. The number of halogens is 3. The number of hydrogen-bond donors (Lipinski definition) is 0. The lowest BCUT2D eigenvalue weighted by Gasteiger charge is -2.11. The van der Waals surface area contributed by atoms with Gasteiger partial charge < -0.3 is 4.74 Å². The Labute approximate surface area is 112 Å². The topological polar surface area (TPSA) is 9.23 Å². The van der Waals surface area contributed by atoms with Gasteiger partial charge in [-0.3, -0.25) is 0 Å². The van der Waals surface area contributed by atoms with Crippen molar-refractivity contribution in [3.05, 3.63) is 51.7 Å². The van der Waals surface area contributed by atoms with Crippen LogP contribution in [-0.4, -0.2) is 7.11 Å². The molecule has 0 fully saturated rings. The van der Waals surface area contributed by atoms with E-state index >= 15 is 0 Å². The first-order chi connectivity index (χ1) is 8.15. The van der Waals surface area contributed by atoms with Crippen LogP contribution in [0, 0.1) is 5.82 Å². The van der Waals surface area contributed by atoms with E-state index in [9.17, 15) is 4.39 Å². The summed E-state index contributed by atoms with van der Waals surface area (Å²) in [5.74, 6) is 0.152. The lowest BCUT2D eigenvalue weighted by Crippen LogP contribution is -1.91. The molecule has 0 N–H and O–H groups in total. The second kappa shape index (κ2) is 5.07. The van der Waals surface area contributed by atoms with E-state index in [1.54, 1.807) is 36.4 Å². The van der Waals surface area contributed by atoms with Crippen molar-refractivity contribution in [2.45, 2.75) is 0 Å². The summed E-state index contributed by atoms with van der Waals surface area (Å²) < 4.78 is 19.6. The van der Waals surface area contributed by atoms with Crippen LogP contribution in [0.5, 0.6) is 5.75 Å². The van der Waals surface area contributed by atoms with Crippen LogP contribution in [0.1, 0.15) is 0 Å². The fourth-order valence-corrected chi connectivity index (χ4v) is 2.26. The van der Waals surface area contributed by atoms with Gasteiger partial charge >= 0.3 is 0 Å². The zero-order chi connectivity index (χ0) is 12.4. The van der Waals surface area contributed by atoms with Gasteiger partial charge in [-0.15, -0.1) is 0 Å². The Hall–Kier alpha value is -1.06. The maximum absolute atomic E-state index is 14.0. The smallest absolute Gasteiger partial charge is 0.145 e. The highest BCUT2D eigenvalue weighted by Gasteiger charge is 2.14. The van der Waals surface area contributed by atoms with Crippen LogP contribution in [0.4, 0.5) is 4.39 Å². The zero-order valence-corrected chi connectivity index (χ0v) is 11.3. The second-order valence-corrected chi connectivity index (χ2v) is 4.68. The summed E-state index contributed by atoms with van der Waals surface area (Å²) in [4.78, 5) is 0. The molecule has 0 bridgehead atoms. The molecule has 0 unspecified atom stereocenters. The highest BCUT2D eigenvalue weighted by molar-refractivity contribution is 9.10. The summed E-state index contributed by atoms with van der Waals surface area (Å²) in [6, 6.07) is 10.4. The third-order valence-corrected chi connectivity index (χ3v) is 3.32. The van der Waals surface area contributed by atoms with Gasteiger partial charge in [0.1, 0.15) is 11.6 Å². The zero-order valence-electron chi connectivity index (χ0n) is 9.01. The molecule has 0 aliphatic carbocycles. The highest BCUT2D eigenvalue weighted by Crippen LogP contribution is 2.38. The van der Waals surface area contributed by atoms with Gasteiger partial charge in [-0.1, -0.05) is 35.9 Å². The van der Waals surface area contributed by atoms with Crippen molar-refractivity contribution in [2.75, 3.05) is 7.11 Å². The summed E-state index contributed by atoms with van der Waals surface area (Å²) in [7, 11) is 1.51. The molecule has 0 aromatic heterocycles. The summed E-state index contributed by atoms with van der Waals surface area (Å²) in [5.41, 5.74) is 1.09. The molecule has 0 radical (unpaired) electrons. The van der Waals surface area contributed by atoms with Crippen molar-refractivity contribution in [3.8, 4) is 16.9 Å². The number of ether oxygens (including phenoxy) is 1. The number of hydrogen-bond acceptors (Lipinski definition) is 1. The van der Waals surface area contributed by atoms with Gasteiger partial charge in [0.2, 0.25) is 0 Å². The van der Waals surface area contributed by atoms with Crippen LogP contribution < -0.4 is 4.74 Å². The number of benzene rings is 2. The van der Waals surface area contributed by atoms with Gasteiger partial charge in [0.05, 0.1) is 16.6 Å². The first kappa shape index (κ1) is 12.4. The second-order valence-electron chi connectivity index (χ2n) is 3.42. The van der Waals surface area contributed by atoms with Crippen molar-refractivity contribution >= 4 is 27.5 Å². The quantitative estimate of drug-likeness (QED) is 0.764. The molecule has 0 spiro atoms. The summed E-state index contributed by atoms with van der Waals surface area (Å²) in [6.45, 7) is 0. The van der Waals surface area contributed by atoms with Crippen molar-refractivity contribution < 1.29 is 9.13 Å². The Balaban J connectivity index is 2.68. The van der Waals surface area contributed by atoms with E-state index in [1.807, 2.05) is 0 Å². The largest absolute Gasteiger partial charge is 0.495 e. The molecule has 0 amide bonds. The molecule has 2 aromatic rings. The van der Waals surface area contributed by atoms with E-state index in [0.29, 0.717) is 26.4 Å². The number of para-hydroxylation sites is 1. The molecule has 2 rings (SSSR count). The third kappa shape index (κ3) is 2.31. The van der Waals surface area contributed by atoms with Crippen LogP contribution in [0.25, 0.3) is 11.1 Å². The van der Waals surface area contributed by atoms with Crippen LogP contribution in [-0.2, 0) is 0 Å². The summed E-state index contributed by atoms with van der Waals surface area (Å²) >= 11 is 9.17. The van der Waals surface area contributed by atoms with E-state index in [1.165, 1.54) is 7.11 Å². The van der Waals surface area contributed by atoms with Gasteiger partial charge in [-0.2, -0.15) is 0 Å². The summed E-state index contributed by atoms with van der Waals surface area (Å²) in [6.07, 6.45) is 0. The van der Waals surface area contributed by atoms with Crippen molar-refractivity contribution in [1.82, 2.24) is 0 Å². The van der Waals surface area contributed by atoms with Crippen molar-refractivity contribution in [3.63, 3.8) is 0 Å². The predicted octanol–water partition coefficient (Wildman–Crippen LogP) is 4.92. The van der Waals surface area contributed by atoms with Gasteiger partial charge in [0, 0.05) is 11.1 Å². The Morgan fingerprint density at radius 1 is 1.12 bits per heavy atom. The van der Waals surface area contributed by atoms with E-state index < -0.39 is 0 Å². The first-order valence-electron chi connectivity index (χ1n) is 4.92. The molecule has 0 aliphatic rings. The van der Waals surface area contributed by atoms with E-state index in [4.69, 9.17) is 16.3 Å². The molecule has 0 saturated carbocycles. The molecular formula is C13H9BrClFO. The van der Waals surface area contributed by atoms with Crippen LogP contribution in [0.3, 0.4) is 0 Å². The maximum Gasteiger partial charge on any atom is 0.145 e. The Morgan fingerprint density at radius 2 is 1.76 bits per heavy atom. The van der Waals surface area contributed by atoms with Gasteiger partial charge in [0.25, 0.3) is 0 Å². The molecule has 0 heterocycles. The number of rotatable bonds is 2. The molecule has 2 aromatic carbocycles. The molecular weight excluding hydrogens is 306 g/mol. The third-order valence-electron chi connectivity index (χ3n) is 2.41. The monoisotopic (exact) mass is 314 g/mol. The molecule has 0 saturated heterocycles. The average Bonchev–Trinajstić information content (AvgIpc) is 2.32. The molecule has 0 atom stereocenters. The van der Waals surface area contributed by atoms with E-state index in [0.717, 1.165) is 0 Å². The molecule has 1 nitrogen and oxygen atoms in total. The fraction of sp³-hybridized carbons (Fsp3) is 0.0769. The lowest BCUT2D eigenvalue weighted by molar-refractivity contribution is 0.416. The first-order valence-corrected chi connectivity index (χ1v) is 6.09. The SMILES string of the molecule is COc1c(Cl)cccc1-c1cccc(Br)c1F. The van der Waals surface area contributed by atoms with Gasteiger partial charge in [0.15, 0.2) is 0 Å². The Bertz CT molecular complexity index is 557. The maximum atomic E-state index is 14.0. The van der Waals surface area contributed by atoms with Crippen LogP contribution >= 0.6 is 27.5 Å². The number of methoxy groups -OCH3 is 1. The minimum atomic E-state index is -0.326. The molecule has 17 heavy (non-hydrogen) atoms. The van der Waals surface area contributed by atoms with Crippen molar-refractivity contribution in [1.29, 1.82) is 0 Å². The predicted molar refractivity (Wildman–Crippen MR) is 71.1 cm³/mol. The molecule has 0 aliphatic heterocycles. The minimum absolute atomic E-state index is 0.326. The average molecular weight is 316 g/mol. The van der Waals surface area contributed by atoms with Gasteiger partial charge in [-0.05, 0) is 28.1 Å². The van der Waals surface area contributed by atoms with Crippen LogP contribution in [0.15, 0.2) is 40.9 Å². The highest BCUT2D eigenvalue weighted by atomic mass is 79.9. The fourth-order valence-electron chi connectivity index (χ4n) is 1.64. The molecule has 4 heteroatoms. The Kier molecular flexibility index (Phi) is 3.69. The minimum Gasteiger partial charge on any atom is -0.495 e. The van der Waals surface area contributed by atoms with Crippen LogP contribution in [0.2, 0.25) is 5.02 Å².